The summed E-state index contributed by atoms with van der Waals surface area (Å²) >= 11 is 1.88. The Morgan fingerprint density at radius 3 is 1.33 bits per heavy atom. The molecule has 2 aromatic heterocycles. The summed E-state index contributed by atoms with van der Waals surface area (Å²) in [7, 11) is -3.83. The maximum atomic E-state index is 13.0. The monoisotopic (exact) mass is 500 g/mol. The fraction of sp³-hybridized carbons (Fsp3) is 0.100. The fourth-order valence-electron chi connectivity index (χ4n) is 2.89. The number of hydrogen-bond donors (Lipinski definition) is 2. The summed E-state index contributed by atoms with van der Waals surface area (Å²) in [6.45, 7) is 2.73. The van der Waals surface area contributed by atoms with Crippen molar-refractivity contribution in [3.63, 3.8) is 0 Å². The van der Waals surface area contributed by atoms with Gasteiger partial charge < -0.3 is 0 Å². The van der Waals surface area contributed by atoms with Gasteiger partial charge in [0.05, 0.1) is 21.2 Å². The molecule has 2 N–H and O–H groups in total. The van der Waals surface area contributed by atoms with Crippen molar-refractivity contribution >= 4 is 44.1 Å². The minimum atomic E-state index is -3.83. The van der Waals surface area contributed by atoms with Gasteiger partial charge in [0, 0.05) is 13.8 Å². The maximum absolute atomic E-state index is 13.0. The highest BCUT2D eigenvalue weighted by Gasteiger charge is 2.19. The molecule has 0 saturated carbocycles. The molecular formula is C20H16N6O4S3. The number of Topliss-reactive ketones (excluding diaryl/α,β-unsaturated/α-hetero) is 2. The van der Waals surface area contributed by atoms with Gasteiger partial charge in [-0.25, -0.2) is 17.8 Å². The van der Waals surface area contributed by atoms with Crippen molar-refractivity contribution in [2.45, 2.75) is 23.6 Å². The Labute approximate surface area is 195 Å². The molecule has 168 valence electrons. The number of sulfone groups is 1. The smallest absolute Gasteiger partial charge is 0.206 e. The lowest BCUT2D eigenvalue weighted by Crippen LogP contribution is -2.13. The number of nitrogens with one attached hydrogen (secondary N) is 2. The highest BCUT2D eigenvalue weighted by Crippen LogP contribution is 2.23. The van der Waals surface area contributed by atoms with Crippen LogP contribution in [0.4, 0.5) is 0 Å². The van der Waals surface area contributed by atoms with Gasteiger partial charge in [0.25, 0.3) is 0 Å². The lowest BCUT2D eigenvalue weighted by molar-refractivity contribution is 0.100. The van der Waals surface area contributed by atoms with Gasteiger partial charge in [0.1, 0.15) is 0 Å². The lowest BCUT2D eigenvalue weighted by atomic mass is 10.3. The second kappa shape index (κ2) is 8.42. The number of carbonyl (C=O) groups excluding carboxylic acids is 2. The number of nitrogens with zero attached hydrogens (tertiary/aromatic N) is 4. The third-order valence-electron chi connectivity index (χ3n) is 4.54. The largest absolute Gasteiger partial charge is 0.292 e. The van der Waals surface area contributed by atoms with Gasteiger partial charge in [-0.3, -0.25) is 20.4 Å². The van der Waals surface area contributed by atoms with Crippen LogP contribution in [0.2, 0.25) is 0 Å². The molecule has 0 radical (unpaired) electrons. The van der Waals surface area contributed by atoms with Crippen LogP contribution in [-0.4, -0.2) is 39.5 Å². The lowest BCUT2D eigenvalue weighted by Gasteiger charge is -2.07. The molecule has 0 unspecified atom stereocenters. The van der Waals surface area contributed by atoms with Crippen LogP contribution in [0.15, 0.2) is 58.3 Å². The van der Waals surface area contributed by atoms with E-state index in [1.165, 1.54) is 71.7 Å². The van der Waals surface area contributed by atoms with Crippen molar-refractivity contribution in [2.24, 2.45) is 0 Å². The van der Waals surface area contributed by atoms with Crippen molar-refractivity contribution in [1.82, 2.24) is 19.6 Å². The third kappa shape index (κ3) is 4.25. The summed E-state index contributed by atoms with van der Waals surface area (Å²) in [5, 5.41) is 24.5. The van der Waals surface area contributed by atoms with E-state index in [1.807, 2.05) is 0 Å². The van der Waals surface area contributed by atoms with E-state index < -0.39 is 9.84 Å². The van der Waals surface area contributed by atoms with Crippen molar-refractivity contribution in [3.05, 3.63) is 68.1 Å². The maximum Gasteiger partial charge on any atom is 0.206 e. The molecule has 0 aliphatic carbocycles. The van der Waals surface area contributed by atoms with Gasteiger partial charge in [-0.05, 0) is 48.5 Å². The quantitative estimate of drug-likeness (QED) is 0.388. The van der Waals surface area contributed by atoms with E-state index in [0.29, 0.717) is 11.4 Å². The van der Waals surface area contributed by atoms with Crippen LogP contribution < -0.4 is 9.60 Å². The molecule has 4 aromatic rings. The molecular weight excluding hydrogens is 484 g/mol. The molecule has 0 bridgehead atoms. The summed E-state index contributed by atoms with van der Waals surface area (Å²) in [5.41, 5.74) is 0.921. The third-order valence-corrected chi connectivity index (χ3v) is 8.18. The van der Waals surface area contributed by atoms with E-state index in [9.17, 15) is 18.0 Å². The molecule has 0 spiro atoms. The molecule has 0 aliphatic rings. The Morgan fingerprint density at radius 1 is 0.727 bits per heavy atom. The second-order valence-electron chi connectivity index (χ2n) is 6.85. The predicted octanol–water partition coefficient (Wildman–Crippen LogP) is 2.38. The molecule has 0 atom stereocenters. The SMILES string of the molecule is CC(=O)c1nn(-c2ccc(S(=O)(=O)c3ccc(-n4nc(C(C)=O)sc4=N)cc3)cc2)c(=N)s1. The van der Waals surface area contributed by atoms with Crippen molar-refractivity contribution in [3.8, 4) is 11.4 Å². The molecule has 0 amide bonds. The summed E-state index contributed by atoms with van der Waals surface area (Å²) in [6, 6.07) is 11.7. The minimum absolute atomic E-state index is 0.0487. The van der Waals surface area contributed by atoms with Crippen molar-refractivity contribution in [2.75, 3.05) is 0 Å². The van der Waals surface area contributed by atoms with E-state index >= 15 is 0 Å². The Balaban J connectivity index is 1.63. The predicted molar refractivity (Wildman–Crippen MR) is 120 cm³/mol. The van der Waals surface area contributed by atoms with Crippen LogP contribution in [0, 0.1) is 10.8 Å². The Bertz CT molecular complexity index is 1490. The molecule has 33 heavy (non-hydrogen) atoms. The minimum Gasteiger partial charge on any atom is -0.292 e. The highest BCUT2D eigenvalue weighted by molar-refractivity contribution is 7.91. The highest BCUT2D eigenvalue weighted by atomic mass is 32.2. The number of ketones is 2. The van der Waals surface area contributed by atoms with Gasteiger partial charge in [-0.15, -0.1) is 0 Å². The molecule has 0 saturated heterocycles. The van der Waals surface area contributed by atoms with Crippen LogP contribution in [0.5, 0.6) is 0 Å². The van der Waals surface area contributed by atoms with Gasteiger partial charge in [-0.2, -0.15) is 10.2 Å². The van der Waals surface area contributed by atoms with Crippen molar-refractivity contribution in [1.29, 1.82) is 10.8 Å². The van der Waals surface area contributed by atoms with Crippen LogP contribution in [0.3, 0.4) is 0 Å². The summed E-state index contributed by atoms with van der Waals surface area (Å²) in [5.74, 6) is -0.499. The molecule has 0 fully saturated rings. The fourth-order valence-corrected chi connectivity index (χ4v) is 5.51. The van der Waals surface area contributed by atoms with E-state index in [-0.39, 0.29) is 41.0 Å². The summed E-state index contributed by atoms with van der Waals surface area (Å²) in [6.07, 6.45) is 0. The number of benzene rings is 2. The van der Waals surface area contributed by atoms with E-state index in [1.54, 1.807) is 0 Å². The zero-order chi connectivity index (χ0) is 23.9. The van der Waals surface area contributed by atoms with E-state index in [4.69, 9.17) is 10.8 Å². The summed E-state index contributed by atoms with van der Waals surface area (Å²) < 4.78 is 28.6. The topological polar surface area (TPSA) is 152 Å². The Morgan fingerprint density at radius 2 is 1.06 bits per heavy atom. The first-order valence-corrected chi connectivity index (χ1v) is 12.5. The Kier molecular flexibility index (Phi) is 5.78. The second-order valence-corrected chi connectivity index (χ2v) is 10.8. The molecule has 0 aliphatic heterocycles. The van der Waals surface area contributed by atoms with Crippen LogP contribution in [-0.2, 0) is 9.84 Å². The molecule has 2 aromatic carbocycles. The first-order valence-electron chi connectivity index (χ1n) is 9.35. The van der Waals surface area contributed by atoms with Crippen molar-refractivity contribution < 1.29 is 18.0 Å². The van der Waals surface area contributed by atoms with E-state index in [0.717, 1.165) is 22.7 Å². The molecule has 4 rings (SSSR count). The zero-order valence-corrected chi connectivity index (χ0v) is 19.7. The molecule has 2 heterocycles. The van der Waals surface area contributed by atoms with Gasteiger partial charge >= 0.3 is 0 Å². The molecule has 10 nitrogen and oxygen atoms in total. The number of hydrogen-bond acceptors (Lipinski definition) is 10. The number of carbonyl (C=O) groups is 2. The Hall–Kier alpha value is -3.55. The molecule has 13 heteroatoms. The summed E-state index contributed by atoms with van der Waals surface area (Å²) in [4.78, 5) is 23.2. The zero-order valence-electron chi connectivity index (χ0n) is 17.3. The number of aromatic nitrogens is 4. The first kappa shape index (κ1) is 22.6. The van der Waals surface area contributed by atoms with Gasteiger partial charge in [-0.1, -0.05) is 22.7 Å². The number of rotatable bonds is 6. The standard InChI is InChI=1S/C20H16N6O4S3/c1-11(27)17-23-25(19(21)31-17)13-3-7-15(8-4-13)33(29,30)16-9-5-14(6-10-16)26-20(22)32-18(24-26)12(2)28/h3-10,21-22H,1-2H3. The van der Waals surface area contributed by atoms with Crippen LogP contribution in [0.25, 0.3) is 11.4 Å². The van der Waals surface area contributed by atoms with Gasteiger partial charge in [0.2, 0.25) is 19.4 Å². The average molecular weight is 501 g/mol. The van der Waals surface area contributed by atoms with Crippen LogP contribution in [0.1, 0.15) is 33.5 Å². The van der Waals surface area contributed by atoms with E-state index in [2.05, 4.69) is 10.2 Å². The van der Waals surface area contributed by atoms with Gasteiger partial charge in [0.15, 0.2) is 21.6 Å². The average Bonchev–Trinajstić information content (AvgIpc) is 3.37. The van der Waals surface area contributed by atoms with Crippen LogP contribution >= 0.6 is 22.7 Å². The first-order chi connectivity index (χ1) is 15.6. The normalized spacial score (nSPS) is 11.5.